The second-order valence-corrected chi connectivity index (χ2v) is 6.64. The van der Waals surface area contributed by atoms with Crippen LogP contribution in [-0.2, 0) is 13.1 Å². The van der Waals surface area contributed by atoms with Crippen LogP contribution < -0.4 is 15.0 Å². The molecule has 0 radical (unpaired) electrons. The largest absolute Gasteiger partial charge is 0.489 e. The molecule has 0 bridgehead atoms. The smallest absolute Gasteiger partial charge is 0.119 e. The van der Waals surface area contributed by atoms with Crippen molar-refractivity contribution in [2.24, 2.45) is 0 Å². The molecule has 2 atom stereocenters. The van der Waals surface area contributed by atoms with Gasteiger partial charge in [0.15, 0.2) is 0 Å². The van der Waals surface area contributed by atoms with E-state index >= 15 is 0 Å². The maximum atomic E-state index is 6.10. The highest BCUT2D eigenvalue weighted by Gasteiger charge is 2.22. The first-order valence-corrected chi connectivity index (χ1v) is 8.61. The van der Waals surface area contributed by atoms with Crippen LogP contribution in [-0.4, -0.2) is 18.7 Å². The van der Waals surface area contributed by atoms with Gasteiger partial charge in [0.2, 0.25) is 0 Å². The molecule has 0 amide bonds. The lowest BCUT2D eigenvalue weighted by molar-refractivity contribution is 0.180. The van der Waals surface area contributed by atoms with Gasteiger partial charge >= 0.3 is 0 Å². The van der Waals surface area contributed by atoms with Gasteiger partial charge in [0.05, 0.1) is 0 Å². The molecule has 0 aromatic heterocycles. The Morgan fingerprint density at radius 3 is 2.35 bits per heavy atom. The molecule has 2 aromatic rings. The highest BCUT2D eigenvalue weighted by molar-refractivity contribution is 5.53. The fourth-order valence-electron chi connectivity index (χ4n) is 3.66. The number of hydrogen-bond donors (Lipinski definition) is 1. The van der Waals surface area contributed by atoms with Gasteiger partial charge in [0, 0.05) is 24.8 Å². The van der Waals surface area contributed by atoms with E-state index < -0.39 is 0 Å². The molecule has 1 unspecified atom stereocenters. The Kier molecular flexibility index (Phi) is 3.96. The summed E-state index contributed by atoms with van der Waals surface area (Å²) in [5, 5.41) is 3.51. The summed E-state index contributed by atoms with van der Waals surface area (Å²) in [6, 6.07) is 17.7. The third-order valence-electron chi connectivity index (χ3n) is 5.03. The van der Waals surface area contributed by atoms with Crippen LogP contribution in [0.15, 0.2) is 48.5 Å². The van der Waals surface area contributed by atoms with Crippen molar-refractivity contribution in [1.82, 2.24) is 5.32 Å². The molecule has 2 aromatic carbocycles. The lowest BCUT2D eigenvalue weighted by Crippen LogP contribution is -2.36. The van der Waals surface area contributed by atoms with Crippen LogP contribution in [0.2, 0.25) is 0 Å². The highest BCUT2D eigenvalue weighted by atomic mass is 16.5. The quantitative estimate of drug-likeness (QED) is 0.931. The minimum atomic E-state index is 0.222. The lowest BCUT2D eigenvalue weighted by Gasteiger charge is -2.22. The maximum Gasteiger partial charge on any atom is 0.119 e. The van der Waals surface area contributed by atoms with E-state index in [0.717, 1.165) is 25.4 Å². The summed E-state index contributed by atoms with van der Waals surface area (Å²) in [5.74, 6) is 0.965. The first-order valence-electron chi connectivity index (χ1n) is 8.61. The van der Waals surface area contributed by atoms with Crippen molar-refractivity contribution in [3.63, 3.8) is 0 Å². The Hall–Kier alpha value is -2.00. The van der Waals surface area contributed by atoms with Gasteiger partial charge in [-0.1, -0.05) is 24.3 Å². The zero-order chi connectivity index (χ0) is 15.6. The third kappa shape index (κ3) is 3.06. The number of nitrogens with one attached hydrogen (secondary N) is 1. The Morgan fingerprint density at radius 1 is 1.04 bits per heavy atom. The van der Waals surface area contributed by atoms with E-state index in [1.807, 2.05) is 0 Å². The predicted molar refractivity (Wildman–Crippen MR) is 93.9 cm³/mol. The zero-order valence-electron chi connectivity index (χ0n) is 13.7. The molecule has 3 nitrogen and oxygen atoms in total. The molecular weight excluding hydrogens is 284 g/mol. The van der Waals surface area contributed by atoms with Crippen molar-refractivity contribution in [2.75, 3.05) is 11.4 Å². The molecule has 2 aliphatic rings. The number of fused-ring (bicyclic) bond motifs is 1. The Labute approximate surface area is 138 Å². The summed E-state index contributed by atoms with van der Waals surface area (Å²) >= 11 is 0. The van der Waals surface area contributed by atoms with Crippen LogP contribution in [0, 0.1) is 0 Å². The molecular formula is C20H24N2O. The van der Waals surface area contributed by atoms with Gasteiger partial charge in [-0.15, -0.1) is 0 Å². The summed E-state index contributed by atoms with van der Waals surface area (Å²) in [5.41, 5.74) is 4.14. The maximum absolute atomic E-state index is 6.10. The van der Waals surface area contributed by atoms with Crippen LogP contribution in [0.25, 0.3) is 0 Å². The van der Waals surface area contributed by atoms with Crippen LogP contribution in [0.5, 0.6) is 5.75 Å². The van der Waals surface area contributed by atoms with Crippen molar-refractivity contribution in [3.05, 3.63) is 59.7 Å². The van der Waals surface area contributed by atoms with E-state index in [1.165, 1.54) is 29.7 Å². The molecule has 3 heteroatoms. The average molecular weight is 308 g/mol. The third-order valence-corrected chi connectivity index (χ3v) is 5.03. The van der Waals surface area contributed by atoms with Crippen LogP contribution in [0.4, 0.5) is 5.69 Å². The number of anilines is 1. The molecule has 2 aliphatic heterocycles. The lowest BCUT2D eigenvalue weighted by atomic mass is 10.1. The van der Waals surface area contributed by atoms with Crippen molar-refractivity contribution in [2.45, 2.75) is 45.0 Å². The van der Waals surface area contributed by atoms with Gasteiger partial charge in [-0.05, 0) is 61.7 Å². The fourth-order valence-corrected chi connectivity index (χ4v) is 3.66. The Balaban J connectivity index is 1.41. The van der Waals surface area contributed by atoms with Gasteiger partial charge in [0.25, 0.3) is 0 Å². The summed E-state index contributed by atoms with van der Waals surface area (Å²) in [4.78, 5) is 2.41. The molecule has 0 spiro atoms. The van der Waals surface area contributed by atoms with Crippen LogP contribution in [0.1, 0.15) is 30.9 Å². The van der Waals surface area contributed by atoms with Gasteiger partial charge in [0.1, 0.15) is 11.9 Å². The minimum Gasteiger partial charge on any atom is -0.489 e. The van der Waals surface area contributed by atoms with E-state index in [0.29, 0.717) is 6.04 Å². The topological polar surface area (TPSA) is 24.5 Å². The molecule has 1 saturated heterocycles. The van der Waals surface area contributed by atoms with E-state index in [-0.39, 0.29) is 6.10 Å². The summed E-state index contributed by atoms with van der Waals surface area (Å²) in [7, 11) is 0. The van der Waals surface area contributed by atoms with Gasteiger partial charge in [-0.3, -0.25) is 0 Å². The molecule has 1 fully saturated rings. The fraction of sp³-hybridized carbons (Fsp3) is 0.400. The minimum absolute atomic E-state index is 0.222. The predicted octanol–water partition coefficient (Wildman–Crippen LogP) is 3.73. The summed E-state index contributed by atoms with van der Waals surface area (Å²) in [6.45, 7) is 5.28. The van der Waals surface area contributed by atoms with Crippen LogP contribution >= 0.6 is 0 Å². The number of benzene rings is 2. The molecule has 0 aliphatic carbocycles. The van der Waals surface area contributed by atoms with Crippen molar-refractivity contribution < 1.29 is 4.74 Å². The van der Waals surface area contributed by atoms with Gasteiger partial charge < -0.3 is 15.0 Å². The molecule has 0 saturated carbocycles. The van der Waals surface area contributed by atoms with Crippen molar-refractivity contribution in [3.8, 4) is 5.75 Å². The van der Waals surface area contributed by atoms with Gasteiger partial charge in [-0.25, -0.2) is 0 Å². The van der Waals surface area contributed by atoms with E-state index in [4.69, 9.17) is 4.74 Å². The molecule has 120 valence electrons. The average Bonchev–Trinajstić information content (AvgIpc) is 3.25. The van der Waals surface area contributed by atoms with Crippen molar-refractivity contribution >= 4 is 5.69 Å². The number of nitrogens with zero attached hydrogens (tertiary/aromatic N) is 1. The standard InChI is InChI=1S/C20H24N2O/c1-15(20-7-4-12-21-20)23-19-10-8-18(9-11-19)22-13-16-5-2-3-6-17(16)14-22/h2-3,5-6,8-11,15,20-21H,4,7,12-14H2,1H3/t15-,20?/m1/s1. The van der Waals surface area contributed by atoms with Crippen LogP contribution in [0.3, 0.4) is 0 Å². The highest BCUT2D eigenvalue weighted by Crippen LogP contribution is 2.29. The van der Waals surface area contributed by atoms with Crippen molar-refractivity contribution in [1.29, 1.82) is 0 Å². The normalized spacial score (nSPS) is 21.3. The second kappa shape index (κ2) is 6.25. The monoisotopic (exact) mass is 308 g/mol. The Morgan fingerprint density at radius 2 is 1.74 bits per heavy atom. The molecule has 4 rings (SSSR count). The van der Waals surface area contributed by atoms with E-state index in [9.17, 15) is 0 Å². The van der Waals surface area contributed by atoms with Gasteiger partial charge in [-0.2, -0.15) is 0 Å². The Bertz CT molecular complexity index is 637. The molecule has 2 heterocycles. The summed E-state index contributed by atoms with van der Waals surface area (Å²) < 4.78 is 6.10. The first-order chi connectivity index (χ1) is 11.3. The SMILES string of the molecule is C[C@@H](Oc1ccc(N2Cc3ccccc3C2)cc1)C1CCCN1. The summed E-state index contributed by atoms with van der Waals surface area (Å²) in [6.07, 6.45) is 2.69. The number of hydrogen-bond acceptors (Lipinski definition) is 3. The number of rotatable bonds is 4. The second-order valence-electron chi connectivity index (χ2n) is 6.64. The zero-order valence-corrected chi connectivity index (χ0v) is 13.7. The van der Waals surface area contributed by atoms with E-state index in [1.54, 1.807) is 0 Å². The first kappa shape index (κ1) is 14.6. The number of ether oxygens (including phenoxy) is 1. The molecule has 1 N–H and O–H groups in total. The molecule has 23 heavy (non-hydrogen) atoms. The van der Waals surface area contributed by atoms with E-state index in [2.05, 4.69) is 65.7 Å².